The Morgan fingerprint density at radius 1 is 1.24 bits per heavy atom. The summed E-state index contributed by atoms with van der Waals surface area (Å²) >= 11 is 3.32. The summed E-state index contributed by atoms with van der Waals surface area (Å²) in [6.45, 7) is 1.75. The van der Waals surface area contributed by atoms with E-state index in [1.54, 1.807) is 24.3 Å². The zero-order chi connectivity index (χ0) is 15.5. The van der Waals surface area contributed by atoms with Crippen LogP contribution in [0.2, 0.25) is 0 Å². The fraction of sp³-hybridized carbons (Fsp3) is 0.500. The minimum Gasteiger partial charge on any atom is -0.343 e. The zero-order valence-electron chi connectivity index (χ0n) is 12.0. The number of nitrogens with zero attached hydrogens (tertiary/aromatic N) is 2. The second kappa shape index (κ2) is 6.79. The first-order valence-corrected chi connectivity index (χ1v) is 9.53. The van der Waals surface area contributed by atoms with Crippen LogP contribution in [0.3, 0.4) is 0 Å². The highest BCUT2D eigenvalue weighted by molar-refractivity contribution is 9.10. The van der Waals surface area contributed by atoms with Gasteiger partial charge in [0.15, 0.2) is 0 Å². The van der Waals surface area contributed by atoms with E-state index in [0.29, 0.717) is 5.69 Å². The van der Waals surface area contributed by atoms with Crippen LogP contribution >= 0.6 is 15.9 Å². The van der Waals surface area contributed by atoms with Crippen LogP contribution in [0.4, 0.5) is 5.69 Å². The molecule has 0 saturated carbocycles. The largest absolute Gasteiger partial charge is 0.343 e. The minimum absolute atomic E-state index is 0.0262. The van der Waals surface area contributed by atoms with Crippen molar-refractivity contribution in [2.45, 2.75) is 19.3 Å². The molecule has 1 saturated heterocycles. The van der Waals surface area contributed by atoms with Crippen molar-refractivity contribution in [1.82, 2.24) is 4.90 Å². The van der Waals surface area contributed by atoms with E-state index in [9.17, 15) is 13.2 Å². The van der Waals surface area contributed by atoms with Crippen molar-refractivity contribution in [3.05, 3.63) is 28.7 Å². The third kappa shape index (κ3) is 4.44. The first-order valence-electron chi connectivity index (χ1n) is 6.89. The van der Waals surface area contributed by atoms with Crippen LogP contribution in [-0.2, 0) is 14.8 Å². The third-order valence-corrected chi connectivity index (χ3v) is 5.23. The van der Waals surface area contributed by atoms with Crippen LogP contribution in [-0.4, -0.2) is 45.1 Å². The Labute approximate surface area is 134 Å². The van der Waals surface area contributed by atoms with Crippen LogP contribution in [0, 0.1) is 0 Å². The van der Waals surface area contributed by atoms with E-state index in [-0.39, 0.29) is 18.9 Å². The zero-order valence-corrected chi connectivity index (χ0v) is 14.4. The summed E-state index contributed by atoms with van der Waals surface area (Å²) in [4.78, 5) is 13.9. The Morgan fingerprint density at radius 2 is 1.81 bits per heavy atom. The quantitative estimate of drug-likeness (QED) is 0.793. The van der Waals surface area contributed by atoms with Crippen molar-refractivity contribution >= 4 is 37.5 Å². The molecular weight excluding hydrogens is 356 g/mol. The number of anilines is 1. The van der Waals surface area contributed by atoms with E-state index in [4.69, 9.17) is 0 Å². The number of carbonyl (C=O) groups is 1. The molecule has 5 nitrogen and oxygen atoms in total. The maximum absolute atomic E-state index is 12.1. The Morgan fingerprint density at radius 3 is 2.33 bits per heavy atom. The summed E-state index contributed by atoms with van der Waals surface area (Å²) in [5.41, 5.74) is 0.579. The lowest BCUT2D eigenvalue weighted by Crippen LogP contribution is -2.35. The lowest BCUT2D eigenvalue weighted by Gasteiger charge is -2.23. The SMILES string of the molecule is CS(=O)(=O)N(CCC(=O)N1CCCC1)c1ccc(Br)cc1. The molecule has 116 valence electrons. The fourth-order valence-electron chi connectivity index (χ4n) is 2.42. The number of likely N-dealkylation sites (tertiary alicyclic amines) is 1. The van der Waals surface area contributed by atoms with Crippen LogP contribution in [0.5, 0.6) is 0 Å². The van der Waals surface area contributed by atoms with E-state index >= 15 is 0 Å². The molecule has 0 atom stereocenters. The molecule has 0 radical (unpaired) electrons. The van der Waals surface area contributed by atoms with Crippen LogP contribution in [0.1, 0.15) is 19.3 Å². The van der Waals surface area contributed by atoms with Crippen molar-refractivity contribution in [1.29, 1.82) is 0 Å². The summed E-state index contributed by atoms with van der Waals surface area (Å²) in [7, 11) is -3.40. The van der Waals surface area contributed by atoms with Gasteiger partial charge in [0.05, 0.1) is 11.9 Å². The molecule has 0 bridgehead atoms. The van der Waals surface area contributed by atoms with Gasteiger partial charge in [-0.15, -0.1) is 0 Å². The molecule has 1 aromatic carbocycles. The average Bonchev–Trinajstić information content (AvgIpc) is 2.93. The van der Waals surface area contributed by atoms with Gasteiger partial charge < -0.3 is 4.90 Å². The Kier molecular flexibility index (Phi) is 5.27. The van der Waals surface area contributed by atoms with Gasteiger partial charge in [0.25, 0.3) is 0 Å². The van der Waals surface area contributed by atoms with Gasteiger partial charge in [-0.2, -0.15) is 0 Å². The Hall–Kier alpha value is -1.08. The topological polar surface area (TPSA) is 57.7 Å². The predicted octanol–water partition coefficient (Wildman–Crippen LogP) is 2.23. The molecular formula is C14H19BrN2O3S. The lowest BCUT2D eigenvalue weighted by atomic mass is 10.3. The molecule has 0 spiro atoms. The van der Waals surface area contributed by atoms with Crippen LogP contribution < -0.4 is 4.31 Å². The molecule has 1 fully saturated rings. The normalized spacial score (nSPS) is 15.2. The van der Waals surface area contributed by atoms with E-state index in [1.807, 2.05) is 4.90 Å². The third-order valence-electron chi connectivity index (χ3n) is 3.50. The highest BCUT2D eigenvalue weighted by atomic mass is 79.9. The molecule has 0 aliphatic carbocycles. The molecule has 2 rings (SSSR count). The van der Waals surface area contributed by atoms with Crippen molar-refractivity contribution in [3.8, 4) is 0 Å². The van der Waals surface area contributed by atoms with E-state index < -0.39 is 10.0 Å². The molecule has 1 aromatic rings. The summed E-state index contributed by atoms with van der Waals surface area (Å²) in [5.74, 6) is 0.0262. The highest BCUT2D eigenvalue weighted by Gasteiger charge is 2.22. The van der Waals surface area contributed by atoms with Gasteiger partial charge >= 0.3 is 0 Å². The molecule has 0 unspecified atom stereocenters. The van der Waals surface area contributed by atoms with Gasteiger partial charge in [-0.3, -0.25) is 9.10 Å². The summed E-state index contributed by atoms with van der Waals surface area (Å²) < 4.78 is 26.0. The summed E-state index contributed by atoms with van der Waals surface area (Å²) in [6, 6.07) is 7.03. The molecule has 21 heavy (non-hydrogen) atoms. The Bertz CT molecular complexity index is 595. The number of benzene rings is 1. The minimum atomic E-state index is -3.40. The number of carbonyl (C=O) groups excluding carboxylic acids is 1. The number of halogens is 1. The van der Waals surface area contributed by atoms with Gasteiger partial charge in [0, 0.05) is 30.5 Å². The molecule has 0 aromatic heterocycles. The molecule has 7 heteroatoms. The predicted molar refractivity (Wildman–Crippen MR) is 86.8 cm³/mol. The van der Waals surface area contributed by atoms with E-state index in [2.05, 4.69) is 15.9 Å². The van der Waals surface area contributed by atoms with Gasteiger partial charge in [-0.1, -0.05) is 15.9 Å². The van der Waals surface area contributed by atoms with E-state index in [1.165, 1.54) is 4.31 Å². The monoisotopic (exact) mass is 374 g/mol. The van der Waals surface area contributed by atoms with Gasteiger partial charge in [-0.05, 0) is 37.1 Å². The van der Waals surface area contributed by atoms with Gasteiger partial charge in [0.2, 0.25) is 15.9 Å². The Balaban J connectivity index is 2.07. The molecule has 0 N–H and O–H groups in total. The molecule has 1 aliphatic heterocycles. The van der Waals surface area contributed by atoms with Crippen molar-refractivity contribution in [2.75, 3.05) is 30.2 Å². The number of rotatable bonds is 5. The summed E-state index contributed by atoms with van der Waals surface area (Å²) in [5, 5.41) is 0. The van der Waals surface area contributed by atoms with Crippen molar-refractivity contribution in [3.63, 3.8) is 0 Å². The van der Waals surface area contributed by atoms with Crippen molar-refractivity contribution < 1.29 is 13.2 Å². The fourth-order valence-corrected chi connectivity index (χ4v) is 3.61. The second-order valence-electron chi connectivity index (χ2n) is 5.15. The number of sulfonamides is 1. The first-order chi connectivity index (χ1) is 9.88. The maximum atomic E-state index is 12.1. The molecule has 1 aliphatic rings. The van der Waals surface area contributed by atoms with E-state index in [0.717, 1.165) is 36.7 Å². The number of hydrogen-bond acceptors (Lipinski definition) is 3. The highest BCUT2D eigenvalue weighted by Crippen LogP contribution is 2.21. The van der Waals surface area contributed by atoms with Crippen LogP contribution in [0.15, 0.2) is 28.7 Å². The number of hydrogen-bond donors (Lipinski definition) is 0. The lowest BCUT2D eigenvalue weighted by molar-refractivity contribution is -0.129. The smallest absolute Gasteiger partial charge is 0.232 e. The number of amides is 1. The van der Waals surface area contributed by atoms with Gasteiger partial charge in [0.1, 0.15) is 0 Å². The molecule has 1 amide bonds. The van der Waals surface area contributed by atoms with Gasteiger partial charge in [-0.25, -0.2) is 8.42 Å². The standard InChI is InChI=1S/C14H19BrN2O3S/c1-21(19,20)17(13-6-4-12(15)5-7-13)11-8-14(18)16-9-2-3-10-16/h4-7H,2-3,8-11H2,1H3. The van der Waals surface area contributed by atoms with Crippen LogP contribution in [0.25, 0.3) is 0 Å². The maximum Gasteiger partial charge on any atom is 0.232 e. The first kappa shape index (κ1) is 16.3. The average molecular weight is 375 g/mol. The molecule has 1 heterocycles. The van der Waals surface area contributed by atoms with Crippen molar-refractivity contribution in [2.24, 2.45) is 0 Å². The second-order valence-corrected chi connectivity index (χ2v) is 7.97. The summed E-state index contributed by atoms with van der Waals surface area (Å²) in [6.07, 6.45) is 3.45.